The van der Waals surface area contributed by atoms with Gasteiger partial charge in [-0.15, -0.1) is 0 Å². The van der Waals surface area contributed by atoms with Gasteiger partial charge < -0.3 is 15.3 Å². The number of aromatic nitrogens is 6. The lowest BCUT2D eigenvalue weighted by Crippen LogP contribution is -2.31. The highest BCUT2D eigenvalue weighted by Crippen LogP contribution is 2.27. The van der Waals surface area contributed by atoms with Crippen LogP contribution in [0.15, 0.2) is 85.2 Å². The average Bonchev–Trinajstić information content (AvgIpc) is 3.63. The number of hydrogen-bond acceptors (Lipinski definition) is 7. The van der Waals surface area contributed by atoms with Gasteiger partial charge in [0.05, 0.1) is 40.0 Å². The number of carbonyl (C=O) groups is 2. The topological polar surface area (TPSA) is 130 Å². The fourth-order valence-electron chi connectivity index (χ4n) is 5.58. The summed E-state index contributed by atoms with van der Waals surface area (Å²) < 4.78 is 30.5. The fourth-order valence-corrected chi connectivity index (χ4v) is 5.58. The molecule has 8 aromatic rings. The summed E-state index contributed by atoms with van der Waals surface area (Å²) in [5.41, 5.74) is 5.27. The number of nitrogens with one attached hydrogen (secondary N) is 1. The first kappa shape index (κ1) is 29.6. The van der Waals surface area contributed by atoms with Crippen LogP contribution >= 0.6 is 0 Å². The molecule has 8 rings (SSSR count). The van der Waals surface area contributed by atoms with Crippen LogP contribution in [-0.4, -0.2) is 77.8 Å². The largest absolute Gasteiger partial charge is 0.478 e. The van der Waals surface area contributed by atoms with Crippen LogP contribution in [-0.2, 0) is 0 Å². The lowest BCUT2D eigenvalue weighted by molar-refractivity contribution is 0.0698. The molecule has 2 aromatic carbocycles. The second kappa shape index (κ2) is 11.7. The number of likely N-dealkylation sites (N-methyl/N-ethyl adjacent to an activating group) is 1. The van der Waals surface area contributed by atoms with E-state index in [-0.39, 0.29) is 11.5 Å². The third-order valence-electron chi connectivity index (χ3n) is 7.67. The summed E-state index contributed by atoms with van der Waals surface area (Å²) in [5, 5.41) is 13.2. The molecule has 6 aromatic heterocycles. The SMILES string of the molecule is CN(C)CCNC(=O)c1cc2cc(F)cnc2n2c1nc1ccccc12.O=C(O)c1cc2cc(F)cnc2n2c1nc1ccccc12. The van der Waals surface area contributed by atoms with E-state index >= 15 is 0 Å². The van der Waals surface area contributed by atoms with Crippen LogP contribution in [0.2, 0.25) is 0 Å². The molecule has 6 heterocycles. The van der Waals surface area contributed by atoms with Gasteiger partial charge in [-0.2, -0.15) is 0 Å². The van der Waals surface area contributed by atoms with Crippen molar-refractivity contribution in [3.8, 4) is 0 Å². The zero-order chi connectivity index (χ0) is 32.8. The number of imidazole rings is 2. The van der Waals surface area contributed by atoms with Crippen LogP contribution in [0.5, 0.6) is 0 Å². The molecule has 0 atom stereocenters. The fraction of sp³-hybridized carbons (Fsp3) is 0.118. The molecular weight excluding hydrogens is 606 g/mol. The molecule has 0 radical (unpaired) electrons. The Kier molecular flexibility index (Phi) is 7.37. The smallest absolute Gasteiger partial charge is 0.339 e. The normalized spacial score (nSPS) is 11.6. The Morgan fingerprint density at radius 3 is 1.74 bits per heavy atom. The summed E-state index contributed by atoms with van der Waals surface area (Å²) in [6.07, 6.45) is 2.28. The molecule has 47 heavy (non-hydrogen) atoms. The number of aromatic carboxylic acids is 1. The van der Waals surface area contributed by atoms with Gasteiger partial charge in [-0.1, -0.05) is 24.3 Å². The van der Waals surface area contributed by atoms with Gasteiger partial charge in [0.15, 0.2) is 11.3 Å². The van der Waals surface area contributed by atoms with Gasteiger partial charge >= 0.3 is 5.97 Å². The minimum absolute atomic E-state index is 0.0195. The summed E-state index contributed by atoms with van der Waals surface area (Å²) >= 11 is 0. The number of amides is 1. The van der Waals surface area contributed by atoms with Gasteiger partial charge in [0.25, 0.3) is 5.91 Å². The van der Waals surface area contributed by atoms with Gasteiger partial charge in [-0.05, 0) is 62.6 Å². The van der Waals surface area contributed by atoms with Crippen LogP contribution in [0.4, 0.5) is 8.78 Å². The van der Waals surface area contributed by atoms with Crippen LogP contribution < -0.4 is 5.32 Å². The quantitative estimate of drug-likeness (QED) is 0.260. The summed E-state index contributed by atoms with van der Waals surface area (Å²) in [5.74, 6) is -2.30. The Labute approximate surface area is 264 Å². The van der Waals surface area contributed by atoms with Crippen molar-refractivity contribution in [2.75, 3.05) is 27.2 Å². The first-order valence-electron chi connectivity index (χ1n) is 14.6. The van der Waals surface area contributed by atoms with Crippen LogP contribution in [0, 0.1) is 11.6 Å². The van der Waals surface area contributed by atoms with Crippen molar-refractivity contribution >= 4 is 67.3 Å². The number of para-hydroxylation sites is 4. The van der Waals surface area contributed by atoms with E-state index in [0.29, 0.717) is 51.0 Å². The van der Waals surface area contributed by atoms with E-state index in [1.807, 2.05) is 65.9 Å². The number of carboxylic acids is 1. The van der Waals surface area contributed by atoms with Crippen LogP contribution in [0.25, 0.3) is 55.4 Å². The predicted octanol–water partition coefficient (Wildman–Crippen LogP) is 5.34. The molecule has 0 saturated heterocycles. The number of carbonyl (C=O) groups excluding carboxylic acids is 1. The molecule has 234 valence electrons. The Hall–Kier alpha value is -6.08. The van der Waals surface area contributed by atoms with Gasteiger partial charge in [0.1, 0.15) is 28.5 Å². The summed E-state index contributed by atoms with van der Waals surface area (Å²) in [4.78, 5) is 43.5. The molecule has 0 aliphatic carbocycles. The van der Waals surface area contributed by atoms with E-state index in [2.05, 4.69) is 25.3 Å². The van der Waals surface area contributed by atoms with Gasteiger partial charge in [0.2, 0.25) is 0 Å². The van der Waals surface area contributed by atoms with Crippen LogP contribution in [0.1, 0.15) is 20.7 Å². The zero-order valence-electron chi connectivity index (χ0n) is 25.1. The molecule has 2 N–H and O–H groups in total. The first-order valence-corrected chi connectivity index (χ1v) is 14.6. The molecule has 13 heteroatoms. The van der Waals surface area contributed by atoms with Crippen molar-refractivity contribution in [2.24, 2.45) is 0 Å². The van der Waals surface area contributed by atoms with E-state index in [0.717, 1.165) is 29.3 Å². The van der Waals surface area contributed by atoms with Gasteiger partial charge in [-0.3, -0.25) is 13.6 Å². The number of hydrogen-bond donors (Lipinski definition) is 2. The lowest BCUT2D eigenvalue weighted by atomic mass is 10.2. The number of rotatable bonds is 5. The lowest BCUT2D eigenvalue weighted by Gasteiger charge is -2.12. The minimum atomic E-state index is -1.11. The number of benzene rings is 2. The number of nitrogens with zero attached hydrogens (tertiary/aromatic N) is 7. The number of fused-ring (bicyclic) bond motifs is 10. The number of pyridine rings is 4. The molecule has 0 aliphatic rings. The third-order valence-corrected chi connectivity index (χ3v) is 7.67. The second-order valence-corrected chi connectivity index (χ2v) is 11.1. The summed E-state index contributed by atoms with van der Waals surface area (Å²) in [7, 11) is 3.88. The zero-order valence-corrected chi connectivity index (χ0v) is 25.1. The van der Waals surface area contributed by atoms with Gasteiger partial charge in [-0.25, -0.2) is 33.5 Å². The van der Waals surface area contributed by atoms with Crippen molar-refractivity contribution in [3.05, 3.63) is 108 Å². The molecule has 0 unspecified atom stereocenters. The Bertz CT molecular complexity index is 2530. The van der Waals surface area contributed by atoms with Gasteiger partial charge in [0, 0.05) is 23.9 Å². The average molecular weight is 633 g/mol. The van der Waals surface area contributed by atoms with E-state index in [1.165, 1.54) is 24.4 Å². The minimum Gasteiger partial charge on any atom is -0.478 e. The van der Waals surface area contributed by atoms with Crippen molar-refractivity contribution < 1.29 is 23.5 Å². The van der Waals surface area contributed by atoms with Crippen molar-refractivity contribution in [2.45, 2.75) is 0 Å². The molecule has 0 fully saturated rings. The second-order valence-electron chi connectivity index (χ2n) is 11.1. The predicted molar refractivity (Wildman–Crippen MR) is 174 cm³/mol. The molecule has 0 aliphatic heterocycles. The maximum atomic E-state index is 13.7. The molecule has 11 nitrogen and oxygen atoms in total. The van der Waals surface area contributed by atoms with Crippen LogP contribution in [0.3, 0.4) is 0 Å². The highest BCUT2D eigenvalue weighted by molar-refractivity contribution is 6.05. The highest BCUT2D eigenvalue weighted by Gasteiger charge is 2.19. The molecular formula is C34H26F2N8O3. The van der Waals surface area contributed by atoms with E-state index < -0.39 is 17.6 Å². The molecule has 0 bridgehead atoms. The Morgan fingerprint density at radius 1 is 0.745 bits per heavy atom. The first-order chi connectivity index (χ1) is 22.7. The van der Waals surface area contributed by atoms with E-state index in [1.54, 1.807) is 16.5 Å². The molecule has 0 spiro atoms. The van der Waals surface area contributed by atoms with Crippen molar-refractivity contribution in [1.29, 1.82) is 0 Å². The number of carboxylic acid groups (broad SMARTS) is 1. The maximum absolute atomic E-state index is 13.7. The monoisotopic (exact) mass is 632 g/mol. The molecule has 0 saturated carbocycles. The summed E-state index contributed by atoms with van der Waals surface area (Å²) in [6.45, 7) is 1.24. The molecule has 1 amide bonds. The standard InChI is InChI=1S/C19H18FN5O.C15H8FN3O2/c1-24(2)8-7-21-19(26)14-10-12-9-13(20)11-22-17(12)25-16-6-4-3-5-15(16)23-18(14)25;16-9-5-8-6-10(15(20)21)14-18-11-3-1-2-4-12(11)19(14)13(8)17-7-9/h3-6,9-11H,7-8H2,1-2H3,(H,21,26);1-7H,(H,20,21). The van der Waals surface area contributed by atoms with E-state index in [4.69, 9.17) is 0 Å². The van der Waals surface area contributed by atoms with Crippen molar-refractivity contribution in [3.63, 3.8) is 0 Å². The summed E-state index contributed by atoms with van der Waals surface area (Å²) in [6, 6.07) is 20.6. The van der Waals surface area contributed by atoms with Crippen molar-refractivity contribution in [1.82, 2.24) is 39.0 Å². The number of halogens is 2. The Morgan fingerprint density at radius 2 is 1.23 bits per heavy atom. The maximum Gasteiger partial charge on any atom is 0.339 e. The Balaban J connectivity index is 0.000000153. The highest BCUT2D eigenvalue weighted by atomic mass is 19.1. The van der Waals surface area contributed by atoms with E-state index in [9.17, 15) is 23.5 Å². The third kappa shape index (κ3) is 5.32.